The fraction of sp³-hybridized carbons (Fsp3) is 0.818. The minimum Gasteiger partial charge on any atom is -0.374 e. The van der Waals surface area contributed by atoms with Gasteiger partial charge in [-0.1, -0.05) is 6.08 Å². The van der Waals surface area contributed by atoms with Crippen LogP contribution in [0.5, 0.6) is 0 Å². The molecular formula is C11H22N2O. The first-order valence-electron chi connectivity index (χ1n) is 5.37. The van der Waals surface area contributed by atoms with E-state index in [0.29, 0.717) is 6.04 Å². The Hall–Kier alpha value is -0.380. The lowest BCUT2D eigenvalue weighted by molar-refractivity contribution is -0.0491. The average molecular weight is 198 g/mol. The van der Waals surface area contributed by atoms with Crippen molar-refractivity contribution >= 4 is 0 Å². The Labute approximate surface area is 86.9 Å². The molecule has 0 saturated carbocycles. The summed E-state index contributed by atoms with van der Waals surface area (Å²) in [6, 6.07) is 0.673. The van der Waals surface area contributed by atoms with Crippen LogP contribution >= 0.6 is 0 Å². The van der Waals surface area contributed by atoms with Gasteiger partial charge in [0.05, 0.1) is 12.7 Å². The van der Waals surface area contributed by atoms with Crippen LogP contribution in [0.1, 0.15) is 20.3 Å². The van der Waals surface area contributed by atoms with Gasteiger partial charge in [0.15, 0.2) is 0 Å². The van der Waals surface area contributed by atoms with Gasteiger partial charge in [0.25, 0.3) is 0 Å². The van der Waals surface area contributed by atoms with Gasteiger partial charge in [-0.25, -0.2) is 0 Å². The lowest BCUT2D eigenvalue weighted by atomic mass is 10.1. The van der Waals surface area contributed by atoms with Gasteiger partial charge in [-0.2, -0.15) is 0 Å². The van der Waals surface area contributed by atoms with Gasteiger partial charge in [0.2, 0.25) is 0 Å². The maximum Gasteiger partial charge on any atom is 0.0856 e. The molecule has 14 heavy (non-hydrogen) atoms. The molecule has 1 aliphatic rings. The Balaban J connectivity index is 2.42. The van der Waals surface area contributed by atoms with Crippen LogP contribution in [0, 0.1) is 0 Å². The van der Waals surface area contributed by atoms with Crippen molar-refractivity contribution in [2.24, 2.45) is 5.73 Å². The van der Waals surface area contributed by atoms with E-state index in [0.717, 1.165) is 26.1 Å². The van der Waals surface area contributed by atoms with Crippen LogP contribution in [0.2, 0.25) is 0 Å². The van der Waals surface area contributed by atoms with E-state index < -0.39 is 0 Å². The molecule has 2 unspecified atom stereocenters. The molecule has 2 atom stereocenters. The molecular weight excluding hydrogens is 176 g/mol. The van der Waals surface area contributed by atoms with Crippen LogP contribution in [-0.2, 0) is 4.74 Å². The predicted molar refractivity (Wildman–Crippen MR) is 59.2 cm³/mol. The zero-order valence-electron chi connectivity index (χ0n) is 9.28. The van der Waals surface area contributed by atoms with Crippen molar-refractivity contribution in [1.29, 1.82) is 0 Å². The summed E-state index contributed by atoms with van der Waals surface area (Å²) in [7, 11) is 0. The lowest BCUT2D eigenvalue weighted by Gasteiger charge is -2.37. The van der Waals surface area contributed by atoms with Gasteiger partial charge in [-0.05, 0) is 20.3 Å². The fourth-order valence-corrected chi connectivity index (χ4v) is 1.77. The molecule has 0 radical (unpaired) electrons. The Morgan fingerprint density at radius 2 is 2.36 bits per heavy atom. The molecule has 1 heterocycles. The number of rotatable bonds is 4. The minimum absolute atomic E-state index is 0.0917. The summed E-state index contributed by atoms with van der Waals surface area (Å²) in [4.78, 5) is 2.41. The molecule has 0 aliphatic carbocycles. The monoisotopic (exact) mass is 198 g/mol. The SMILES string of the molecule is C=CCC(N)C1CN(C(C)C)CCO1. The number of hydrogen-bond acceptors (Lipinski definition) is 3. The summed E-state index contributed by atoms with van der Waals surface area (Å²) in [6.45, 7) is 10.9. The molecule has 0 aromatic rings. The van der Waals surface area contributed by atoms with Gasteiger partial charge in [-0.3, -0.25) is 4.90 Å². The molecule has 1 saturated heterocycles. The van der Waals surface area contributed by atoms with E-state index in [1.54, 1.807) is 0 Å². The third-order valence-electron chi connectivity index (χ3n) is 2.77. The van der Waals surface area contributed by atoms with E-state index >= 15 is 0 Å². The van der Waals surface area contributed by atoms with Crippen LogP contribution in [0.3, 0.4) is 0 Å². The highest BCUT2D eigenvalue weighted by Crippen LogP contribution is 2.12. The zero-order valence-corrected chi connectivity index (χ0v) is 9.28. The molecule has 0 bridgehead atoms. The molecule has 1 rings (SSSR count). The molecule has 0 amide bonds. The molecule has 0 spiro atoms. The van der Waals surface area contributed by atoms with Gasteiger partial charge >= 0.3 is 0 Å². The molecule has 2 N–H and O–H groups in total. The summed E-state index contributed by atoms with van der Waals surface area (Å²) in [5.41, 5.74) is 6.00. The molecule has 0 aromatic carbocycles. The second-order valence-corrected chi connectivity index (χ2v) is 4.19. The van der Waals surface area contributed by atoms with Gasteiger partial charge in [0, 0.05) is 25.2 Å². The van der Waals surface area contributed by atoms with Gasteiger partial charge < -0.3 is 10.5 Å². The molecule has 3 nitrogen and oxygen atoms in total. The first-order valence-corrected chi connectivity index (χ1v) is 5.37. The topological polar surface area (TPSA) is 38.5 Å². The second kappa shape index (κ2) is 5.49. The Morgan fingerprint density at radius 3 is 2.93 bits per heavy atom. The van der Waals surface area contributed by atoms with Gasteiger partial charge in [0.1, 0.15) is 0 Å². The summed E-state index contributed by atoms with van der Waals surface area (Å²) in [5, 5.41) is 0. The van der Waals surface area contributed by atoms with Crippen molar-refractivity contribution in [1.82, 2.24) is 4.90 Å². The Bertz CT molecular complexity index is 182. The van der Waals surface area contributed by atoms with Crippen LogP contribution in [0.25, 0.3) is 0 Å². The third-order valence-corrected chi connectivity index (χ3v) is 2.77. The largest absolute Gasteiger partial charge is 0.374 e. The van der Waals surface area contributed by atoms with Crippen LogP contribution < -0.4 is 5.73 Å². The van der Waals surface area contributed by atoms with Crippen molar-refractivity contribution in [2.45, 2.75) is 38.5 Å². The average Bonchev–Trinajstić information content (AvgIpc) is 2.18. The number of morpholine rings is 1. The second-order valence-electron chi connectivity index (χ2n) is 4.19. The minimum atomic E-state index is 0.0917. The summed E-state index contributed by atoms with van der Waals surface area (Å²) < 4.78 is 5.66. The number of ether oxygens (including phenoxy) is 1. The molecule has 1 aliphatic heterocycles. The van der Waals surface area contributed by atoms with Crippen molar-refractivity contribution in [2.75, 3.05) is 19.7 Å². The smallest absolute Gasteiger partial charge is 0.0856 e. The van der Waals surface area contributed by atoms with Crippen molar-refractivity contribution in [3.05, 3.63) is 12.7 Å². The van der Waals surface area contributed by atoms with E-state index in [4.69, 9.17) is 10.5 Å². The molecule has 0 aromatic heterocycles. The quantitative estimate of drug-likeness (QED) is 0.685. The molecule has 1 fully saturated rings. The van der Waals surface area contributed by atoms with Crippen LogP contribution in [-0.4, -0.2) is 42.8 Å². The Morgan fingerprint density at radius 1 is 1.64 bits per heavy atom. The zero-order chi connectivity index (χ0) is 10.6. The van der Waals surface area contributed by atoms with Crippen LogP contribution in [0.15, 0.2) is 12.7 Å². The predicted octanol–water partition coefficient (Wildman–Crippen LogP) is 0.999. The summed E-state index contributed by atoms with van der Waals surface area (Å²) >= 11 is 0. The first-order chi connectivity index (χ1) is 6.65. The highest BCUT2D eigenvalue weighted by molar-refractivity contribution is 4.86. The highest BCUT2D eigenvalue weighted by atomic mass is 16.5. The number of hydrogen-bond donors (Lipinski definition) is 1. The third kappa shape index (κ3) is 3.08. The number of nitrogens with zero attached hydrogens (tertiary/aromatic N) is 1. The molecule has 3 heteroatoms. The Kier molecular flexibility index (Phi) is 4.58. The summed E-state index contributed by atoms with van der Waals surface area (Å²) in [6.07, 6.45) is 2.86. The summed E-state index contributed by atoms with van der Waals surface area (Å²) in [5.74, 6) is 0. The maximum atomic E-state index is 6.00. The fourth-order valence-electron chi connectivity index (χ4n) is 1.77. The maximum absolute atomic E-state index is 6.00. The standard InChI is InChI=1S/C11H22N2O/c1-4-5-10(12)11-8-13(9(2)3)6-7-14-11/h4,9-11H,1,5-8,12H2,2-3H3. The van der Waals surface area contributed by atoms with Gasteiger partial charge in [-0.15, -0.1) is 6.58 Å². The van der Waals surface area contributed by atoms with Crippen LogP contribution in [0.4, 0.5) is 0 Å². The normalized spacial score (nSPS) is 26.4. The van der Waals surface area contributed by atoms with Crippen molar-refractivity contribution < 1.29 is 4.74 Å². The molecule has 82 valence electrons. The van der Waals surface area contributed by atoms with Crippen molar-refractivity contribution in [3.8, 4) is 0 Å². The lowest BCUT2D eigenvalue weighted by Crippen LogP contribution is -2.52. The van der Waals surface area contributed by atoms with E-state index in [1.807, 2.05) is 6.08 Å². The van der Waals surface area contributed by atoms with E-state index in [1.165, 1.54) is 0 Å². The van der Waals surface area contributed by atoms with E-state index in [9.17, 15) is 0 Å². The van der Waals surface area contributed by atoms with E-state index in [-0.39, 0.29) is 12.1 Å². The highest BCUT2D eigenvalue weighted by Gasteiger charge is 2.26. The number of nitrogens with two attached hydrogens (primary N) is 1. The first kappa shape index (κ1) is 11.7. The van der Waals surface area contributed by atoms with E-state index in [2.05, 4.69) is 25.3 Å². The van der Waals surface area contributed by atoms with Crippen molar-refractivity contribution in [3.63, 3.8) is 0 Å².